The van der Waals surface area contributed by atoms with Crippen molar-refractivity contribution in [2.75, 3.05) is 5.32 Å². The molecule has 4 heteroatoms. The third kappa shape index (κ3) is 2.56. The standard InChI is InChI=1S/C20H14ClNOS/c1-12-5-4-7-14(11-12)22-20(23)19-18(21)17-15-8-3-2-6-13(15)9-10-16(17)24-19/h2-11H,1H3,(H,22,23). The molecule has 0 atom stereocenters. The molecule has 3 aromatic carbocycles. The Bertz CT molecular complexity index is 1080. The molecule has 1 heterocycles. The maximum Gasteiger partial charge on any atom is 0.267 e. The van der Waals surface area contributed by atoms with E-state index >= 15 is 0 Å². The monoisotopic (exact) mass is 351 g/mol. The molecule has 24 heavy (non-hydrogen) atoms. The lowest BCUT2D eigenvalue weighted by atomic mass is 10.1. The first kappa shape index (κ1) is 15.2. The van der Waals surface area contributed by atoms with Crippen molar-refractivity contribution < 1.29 is 4.79 Å². The van der Waals surface area contributed by atoms with Gasteiger partial charge in [-0.05, 0) is 41.5 Å². The molecule has 0 radical (unpaired) electrons. The number of halogens is 1. The number of benzene rings is 3. The lowest BCUT2D eigenvalue weighted by molar-refractivity contribution is 0.103. The molecular weight excluding hydrogens is 338 g/mol. The molecular formula is C20H14ClNOS. The van der Waals surface area contributed by atoms with Gasteiger partial charge >= 0.3 is 0 Å². The maximum atomic E-state index is 12.7. The van der Waals surface area contributed by atoms with Gasteiger partial charge in [0.25, 0.3) is 5.91 Å². The summed E-state index contributed by atoms with van der Waals surface area (Å²) in [4.78, 5) is 13.2. The largest absolute Gasteiger partial charge is 0.321 e. The minimum Gasteiger partial charge on any atom is -0.321 e. The summed E-state index contributed by atoms with van der Waals surface area (Å²) in [5, 5.41) is 6.61. The van der Waals surface area contributed by atoms with Crippen LogP contribution in [0, 0.1) is 6.92 Å². The normalized spacial score (nSPS) is 11.1. The molecule has 0 unspecified atom stereocenters. The second-order valence-electron chi connectivity index (χ2n) is 5.73. The highest BCUT2D eigenvalue weighted by atomic mass is 35.5. The highest BCUT2D eigenvalue weighted by molar-refractivity contribution is 7.22. The van der Waals surface area contributed by atoms with Gasteiger partial charge in [0.05, 0.1) is 5.02 Å². The van der Waals surface area contributed by atoms with E-state index in [-0.39, 0.29) is 5.91 Å². The van der Waals surface area contributed by atoms with E-state index in [2.05, 4.69) is 17.4 Å². The quantitative estimate of drug-likeness (QED) is 0.453. The highest BCUT2D eigenvalue weighted by Crippen LogP contribution is 2.40. The van der Waals surface area contributed by atoms with Gasteiger partial charge in [-0.15, -0.1) is 11.3 Å². The highest BCUT2D eigenvalue weighted by Gasteiger charge is 2.19. The van der Waals surface area contributed by atoms with Crippen LogP contribution in [0.1, 0.15) is 15.2 Å². The summed E-state index contributed by atoms with van der Waals surface area (Å²) in [6.45, 7) is 1.99. The van der Waals surface area contributed by atoms with Crippen molar-refractivity contribution in [2.24, 2.45) is 0 Å². The van der Waals surface area contributed by atoms with Crippen molar-refractivity contribution in [1.82, 2.24) is 0 Å². The number of hydrogen-bond acceptors (Lipinski definition) is 2. The van der Waals surface area contributed by atoms with Crippen LogP contribution in [-0.2, 0) is 0 Å². The number of carbonyl (C=O) groups excluding carboxylic acids is 1. The Balaban J connectivity index is 1.81. The molecule has 4 rings (SSSR count). The van der Waals surface area contributed by atoms with E-state index < -0.39 is 0 Å². The van der Waals surface area contributed by atoms with Crippen LogP contribution in [-0.4, -0.2) is 5.91 Å². The minimum atomic E-state index is -0.170. The fourth-order valence-corrected chi connectivity index (χ4v) is 4.35. The van der Waals surface area contributed by atoms with Crippen LogP contribution >= 0.6 is 22.9 Å². The molecule has 2 nitrogen and oxygen atoms in total. The summed E-state index contributed by atoms with van der Waals surface area (Å²) in [6.07, 6.45) is 0. The summed E-state index contributed by atoms with van der Waals surface area (Å²) in [5.74, 6) is -0.170. The van der Waals surface area contributed by atoms with E-state index in [9.17, 15) is 4.79 Å². The molecule has 0 fully saturated rings. The SMILES string of the molecule is Cc1cccc(NC(=O)c2sc3ccc4ccccc4c3c2Cl)c1. The number of hydrogen-bond donors (Lipinski definition) is 1. The Hall–Kier alpha value is -2.36. The minimum absolute atomic E-state index is 0.170. The zero-order chi connectivity index (χ0) is 16.7. The van der Waals surface area contributed by atoms with Gasteiger partial charge in [0.1, 0.15) is 4.88 Å². The van der Waals surface area contributed by atoms with Crippen molar-refractivity contribution in [3.05, 3.63) is 76.1 Å². The summed E-state index contributed by atoms with van der Waals surface area (Å²) < 4.78 is 1.02. The van der Waals surface area contributed by atoms with Gasteiger partial charge in [-0.25, -0.2) is 0 Å². The zero-order valence-electron chi connectivity index (χ0n) is 13.0. The Morgan fingerprint density at radius 1 is 1.04 bits per heavy atom. The van der Waals surface area contributed by atoms with Crippen molar-refractivity contribution in [1.29, 1.82) is 0 Å². The molecule has 1 N–H and O–H groups in total. The van der Waals surface area contributed by atoms with Crippen LogP contribution in [0.2, 0.25) is 5.02 Å². The predicted octanol–water partition coefficient (Wildman–Crippen LogP) is 6.27. The molecule has 0 aliphatic carbocycles. The first-order chi connectivity index (χ1) is 11.6. The molecule has 4 aromatic rings. The van der Waals surface area contributed by atoms with E-state index in [0.717, 1.165) is 32.1 Å². The molecule has 1 aromatic heterocycles. The first-order valence-corrected chi connectivity index (χ1v) is 8.81. The Kier molecular flexibility index (Phi) is 3.75. The Morgan fingerprint density at radius 3 is 2.71 bits per heavy atom. The average Bonchev–Trinajstić information content (AvgIpc) is 2.92. The van der Waals surface area contributed by atoms with Crippen LogP contribution in [0.25, 0.3) is 20.9 Å². The summed E-state index contributed by atoms with van der Waals surface area (Å²) in [6, 6.07) is 19.9. The lowest BCUT2D eigenvalue weighted by Gasteiger charge is -2.05. The van der Waals surface area contributed by atoms with Crippen molar-refractivity contribution in [2.45, 2.75) is 6.92 Å². The van der Waals surface area contributed by atoms with Crippen LogP contribution in [0.15, 0.2) is 60.7 Å². The molecule has 1 amide bonds. The number of aryl methyl sites for hydroxylation is 1. The van der Waals surface area contributed by atoms with Gasteiger partial charge in [-0.3, -0.25) is 4.79 Å². The number of anilines is 1. The second-order valence-corrected chi connectivity index (χ2v) is 7.16. The van der Waals surface area contributed by atoms with E-state index in [1.165, 1.54) is 11.3 Å². The van der Waals surface area contributed by atoms with Gasteiger partial charge in [-0.1, -0.05) is 54.1 Å². The van der Waals surface area contributed by atoms with Gasteiger partial charge in [0, 0.05) is 15.8 Å². The van der Waals surface area contributed by atoms with E-state index in [4.69, 9.17) is 11.6 Å². The van der Waals surface area contributed by atoms with Crippen LogP contribution < -0.4 is 5.32 Å². The number of rotatable bonds is 2. The third-order valence-corrected chi connectivity index (χ3v) is 5.65. The summed E-state index contributed by atoms with van der Waals surface area (Å²) >= 11 is 8.00. The number of thiophene rings is 1. The maximum absolute atomic E-state index is 12.7. The number of carbonyl (C=O) groups is 1. The third-order valence-electron chi connectivity index (χ3n) is 4.00. The Morgan fingerprint density at radius 2 is 1.88 bits per heavy atom. The second kappa shape index (κ2) is 5.93. The first-order valence-electron chi connectivity index (χ1n) is 7.61. The molecule has 0 spiro atoms. The fraction of sp³-hybridized carbons (Fsp3) is 0.0500. The predicted molar refractivity (Wildman–Crippen MR) is 103 cm³/mol. The van der Waals surface area contributed by atoms with Crippen LogP contribution in [0.4, 0.5) is 5.69 Å². The lowest BCUT2D eigenvalue weighted by Crippen LogP contribution is -2.10. The molecule has 0 bridgehead atoms. The van der Waals surface area contributed by atoms with Gasteiger partial charge < -0.3 is 5.32 Å². The van der Waals surface area contributed by atoms with Crippen molar-refractivity contribution in [3.8, 4) is 0 Å². The summed E-state index contributed by atoms with van der Waals surface area (Å²) in [5.41, 5.74) is 1.87. The van der Waals surface area contributed by atoms with Gasteiger partial charge in [-0.2, -0.15) is 0 Å². The fourth-order valence-electron chi connectivity index (χ4n) is 2.89. The van der Waals surface area contributed by atoms with Crippen LogP contribution in [0.3, 0.4) is 0 Å². The molecule has 0 saturated carbocycles. The van der Waals surface area contributed by atoms with Gasteiger partial charge in [0.2, 0.25) is 0 Å². The average molecular weight is 352 g/mol. The molecule has 118 valence electrons. The van der Waals surface area contributed by atoms with E-state index in [0.29, 0.717) is 9.90 Å². The van der Waals surface area contributed by atoms with Crippen LogP contribution in [0.5, 0.6) is 0 Å². The smallest absolute Gasteiger partial charge is 0.267 e. The zero-order valence-corrected chi connectivity index (χ0v) is 14.5. The van der Waals surface area contributed by atoms with E-state index in [1.54, 1.807) is 0 Å². The number of amides is 1. The topological polar surface area (TPSA) is 29.1 Å². The number of fused-ring (bicyclic) bond motifs is 3. The number of nitrogens with one attached hydrogen (secondary N) is 1. The summed E-state index contributed by atoms with van der Waals surface area (Å²) in [7, 11) is 0. The van der Waals surface area contributed by atoms with Crippen molar-refractivity contribution >= 4 is 55.4 Å². The van der Waals surface area contributed by atoms with Crippen molar-refractivity contribution in [3.63, 3.8) is 0 Å². The van der Waals surface area contributed by atoms with E-state index in [1.807, 2.05) is 55.5 Å². The molecule has 0 aliphatic rings. The molecule has 0 aliphatic heterocycles. The Labute approximate surface area is 148 Å². The van der Waals surface area contributed by atoms with Gasteiger partial charge in [0.15, 0.2) is 0 Å². The molecule has 0 saturated heterocycles.